The van der Waals surface area contributed by atoms with Crippen molar-refractivity contribution in [2.24, 2.45) is 5.92 Å². The molecule has 2 aliphatic carbocycles. The monoisotopic (exact) mass is 224 g/mol. The molecule has 3 rings (SSSR count). The van der Waals surface area contributed by atoms with Gasteiger partial charge < -0.3 is 10.0 Å². The molecule has 0 spiro atoms. The Labute approximate surface area is 93.8 Å². The van der Waals surface area contributed by atoms with Crippen molar-refractivity contribution in [1.29, 1.82) is 0 Å². The second kappa shape index (κ2) is 3.76. The smallest absolute Gasteiger partial charge is 0.185 e. The predicted octanol–water partition coefficient (Wildman–Crippen LogP) is 2.01. The van der Waals surface area contributed by atoms with E-state index in [2.05, 4.69) is 9.88 Å². The number of anilines is 1. The molecule has 0 atom stereocenters. The van der Waals surface area contributed by atoms with Crippen LogP contribution in [0, 0.1) is 5.92 Å². The third kappa shape index (κ3) is 2.16. The van der Waals surface area contributed by atoms with Crippen LogP contribution in [0.1, 0.15) is 30.6 Å². The Morgan fingerprint density at radius 3 is 2.73 bits per heavy atom. The first-order valence-corrected chi connectivity index (χ1v) is 6.50. The van der Waals surface area contributed by atoms with Crippen LogP contribution in [-0.2, 0) is 6.61 Å². The van der Waals surface area contributed by atoms with E-state index in [-0.39, 0.29) is 6.61 Å². The van der Waals surface area contributed by atoms with Crippen LogP contribution in [0.2, 0.25) is 0 Å². The van der Waals surface area contributed by atoms with Crippen LogP contribution in [-0.4, -0.2) is 22.7 Å². The number of hydrogen-bond acceptors (Lipinski definition) is 4. The van der Waals surface area contributed by atoms with E-state index in [0.29, 0.717) is 0 Å². The summed E-state index contributed by atoms with van der Waals surface area (Å²) in [6, 6.07) is 0.739. The molecule has 0 unspecified atom stereocenters. The normalized spacial score (nSPS) is 20.6. The standard InChI is InChI=1S/C11H16N2OS/c14-7-10-5-12-11(15-10)13(9-3-4-9)6-8-1-2-8/h5,8-9,14H,1-4,6-7H2. The van der Waals surface area contributed by atoms with Gasteiger partial charge in [-0.25, -0.2) is 4.98 Å². The molecule has 0 bridgehead atoms. The molecule has 0 aromatic carbocycles. The van der Waals surface area contributed by atoms with Gasteiger partial charge in [0, 0.05) is 18.8 Å². The lowest BCUT2D eigenvalue weighted by molar-refractivity contribution is 0.285. The molecule has 2 aliphatic rings. The van der Waals surface area contributed by atoms with Crippen LogP contribution in [0.15, 0.2) is 6.20 Å². The Kier molecular flexibility index (Phi) is 2.41. The fourth-order valence-corrected chi connectivity index (χ4v) is 2.70. The Hall–Kier alpha value is -0.610. The highest BCUT2D eigenvalue weighted by molar-refractivity contribution is 7.15. The molecule has 0 aliphatic heterocycles. The molecule has 0 saturated heterocycles. The molecule has 0 radical (unpaired) electrons. The number of thiazole rings is 1. The first kappa shape index (κ1) is 9.60. The molecule has 4 heteroatoms. The van der Waals surface area contributed by atoms with Gasteiger partial charge in [-0.2, -0.15) is 0 Å². The highest BCUT2D eigenvalue weighted by Gasteiger charge is 2.35. The lowest BCUT2D eigenvalue weighted by Crippen LogP contribution is -2.27. The van der Waals surface area contributed by atoms with Crippen LogP contribution in [0.5, 0.6) is 0 Å². The number of aromatic nitrogens is 1. The Morgan fingerprint density at radius 2 is 2.20 bits per heavy atom. The maximum atomic E-state index is 9.03. The van der Waals surface area contributed by atoms with E-state index in [1.54, 1.807) is 11.3 Å². The second-order valence-corrected chi connectivity index (χ2v) is 5.69. The number of aliphatic hydroxyl groups is 1. The van der Waals surface area contributed by atoms with Gasteiger partial charge >= 0.3 is 0 Å². The van der Waals surface area contributed by atoms with Crippen molar-refractivity contribution >= 4 is 16.5 Å². The zero-order valence-electron chi connectivity index (χ0n) is 8.72. The fourth-order valence-electron chi connectivity index (χ4n) is 1.85. The number of nitrogens with zero attached hydrogens (tertiary/aromatic N) is 2. The Bertz CT molecular complexity index is 344. The molecule has 1 aromatic heterocycles. The van der Waals surface area contributed by atoms with E-state index in [1.165, 1.54) is 32.2 Å². The lowest BCUT2D eigenvalue weighted by atomic mass is 10.4. The number of aliphatic hydroxyl groups excluding tert-OH is 1. The largest absolute Gasteiger partial charge is 0.391 e. The fraction of sp³-hybridized carbons (Fsp3) is 0.727. The molecule has 2 fully saturated rings. The van der Waals surface area contributed by atoms with Crippen LogP contribution in [0.25, 0.3) is 0 Å². The first-order valence-electron chi connectivity index (χ1n) is 5.69. The van der Waals surface area contributed by atoms with E-state index in [0.717, 1.165) is 22.0 Å². The second-order valence-electron chi connectivity index (χ2n) is 4.59. The Balaban J connectivity index is 1.74. The summed E-state index contributed by atoms with van der Waals surface area (Å²) >= 11 is 1.64. The summed E-state index contributed by atoms with van der Waals surface area (Å²) in [7, 11) is 0. The topological polar surface area (TPSA) is 36.4 Å². The molecular weight excluding hydrogens is 208 g/mol. The molecule has 1 heterocycles. The summed E-state index contributed by atoms with van der Waals surface area (Å²) in [6.45, 7) is 1.31. The van der Waals surface area contributed by atoms with Gasteiger partial charge in [0.1, 0.15) is 0 Å². The van der Waals surface area contributed by atoms with Crippen LogP contribution in [0.4, 0.5) is 5.13 Å². The van der Waals surface area contributed by atoms with E-state index in [1.807, 2.05) is 6.20 Å². The Morgan fingerprint density at radius 1 is 1.40 bits per heavy atom. The molecular formula is C11H16N2OS. The molecule has 3 nitrogen and oxygen atoms in total. The zero-order valence-corrected chi connectivity index (χ0v) is 9.54. The lowest BCUT2D eigenvalue weighted by Gasteiger charge is -2.20. The van der Waals surface area contributed by atoms with E-state index in [4.69, 9.17) is 5.11 Å². The average Bonchev–Trinajstić information content (AvgIpc) is 3.14. The molecule has 15 heavy (non-hydrogen) atoms. The van der Waals surface area contributed by atoms with Crippen molar-refractivity contribution in [3.8, 4) is 0 Å². The van der Waals surface area contributed by atoms with Gasteiger partial charge in [-0.15, -0.1) is 0 Å². The third-order valence-corrected chi connectivity index (χ3v) is 4.10. The van der Waals surface area contributed by atoms with Gasteiger partial charge in [0.05, 0.1) is 11.5 Å². The predicted molar refractivity (Wildman–Crippen MR) is 61.1 cm³/mol. The van der Waals surface area contributed by atoms with Crippen molar-refractivity contribution < 1.29 is 5.11 Å². The third-order valence-electron chi connectivity index (χ3n) is 3.08. The minimum absolute atomic E-state index is 0.125. The summed E-state index contributed by atoms with van der Waals surface area (Å²) in [5.41, 5.74) is 0. The summed E-state index contributed by atoms with van der Waals surface area (Å²) in [6.07, 6.45) is 7.23. The van der Waals surface area contributed by atoms with Crippen molar-refractivity contribution in [1.82, 2.24) is 4.98 Å². The SMILES string of the molecule is OCc1cnc(N(CC2CC2)C2CC2)s1. The van der Waals surface area contributed by atoms with E-state index in [9.17, 15) is 0 Å². The van der Waals surface area contributed by atoms with Gasteiger partial charge in [-0.3, -0.25) is 0 Å². The maximum absolute atomic E-state index is 9.03. The highest BCUT2D eigenvalue weighted by Crippen LogP contribution is 2.38. The van der Waals surface area contributed by atoms with Gasteiger partial charge in [0.15, 0.2) is 5.13 Å². The van der Waals surface area contributed by atoms with Crippen LogP contribution >= 0.6 is 11.3 Å². The molecule has 2 saturated carbocycles. The van der Waals surface area contributed by atoms with Crippen LogP contribution < -0.4 is 4.90 Å². The minimum atomic E-state index is 0.125. The summed E-state index contributed by atoms with van der Waals surface area (Å²) < 4.78 is 0. The highest BCUT2D eigenvalue weighted by atomic mass is 32.1. The zero-order chi connectivity index (χ0) is 10.3. The average molecular weight is 224 g/mol. The van der Waals surface area contributed by atoms with Gasteiger partial charge in [0.25, 0.3) is 0 Å². The van der Waals surface area contributed by atoms with Gasteiger partial charge in [0.2, 0.25) is 0 Å². The number of hydrogen-bond donors (Lipinski definition) is 1. The number of rotatable bonds is 5. The van der Waals surface area contributed by atoms with Gasteiger partial charge in [-0.05, 0) is 31.6 Å². The maximum Gasteiger partial charge on any atom is 0.185 e. The molecule has 1 aromatic rings. The van der Waals surface area contributed by atoms with E-state index < -0.39 is 0 Å². The summed E-state index contributed by atoms with van der Waals surface area (Å²) in [5, 5.41) is 10.2. The van der Waals surface area contributed by atoms with Crippen molar-refractivity contribution in [2.75, 3.05) is 11.4 Å². The molecule has 82 valence electrons. The molecule has 1 N–H and O–H groups in total. The summed E-state index contributed by atoms with van der Waals surface area (Å²) in [5.74, 6) is 0.909. The summed E-state index contributed by atoms with van der Waals surface area (Å²) in [4.78, 5) is 7.85. The van der Waals surface area contributed by atoms with Crippen molar-refractivity contribution in [3.63, 3.8) is 0 Å². The van der Waals surface area contributed by atoms with Crippen molar-refractivity contribution in [2.45, 2.75) is 38.3 Å². The minimum Gasteiger partial charge on any atom is -0.391 e. The van der Waals surface area contributed by atoms with Crippen LogP contribution in [0.3, 0.4) is 0 Å². The quantitative estimate of drug-likeness (QED) is 0.831. The van der Waals surface area contributed by atoms with E-state index >= 15 is 0 Å². The van der Waals surface area contributed by atoms with Gasteiger partial charge in [-0.1, -0.05) is 11.3 Å². The molecule has 0 amide bonds. The first-order chi connectivity index (χ1) is 7.36. The van der Waals surface area contributed by atoms with Crippen molar-refractivity contribution in [3.05, 3.63) is 11.1 Å².